The van der Waals surface area contributed by atoms with Crippen LogP contribution in [-0.2, 0) is 14.8 Å². The summed E-state index contributed by atoms with van der Waals surface area (Å²) in [7, 11) is -2.18. The molecule has 144 valence electrons. The fraction of sp³-hybridized carbons (Fsp3) is 0.556. The molecule has 1 saturated heterocycles. The molecule has 8 heteroatoms. The molecule has 1 amide bonds. The number of carbonyl (C=O) groups is 2. The lowest BCUT2D eigenvalue weighted by atomic mass is 9.99. The van der Waals surface area contributed by atoms with E-state index in [1.165, 1.54) is 21.3 Å². The molecule has 1 aliphatic rings. The van der Waals surface area contributed by atoms with Crippen molar-refractivity contribution in [2.24, 2.45) is 5.92 Å². The van der Waals surface area contributed by atoms with Crippen molar-refractivity contribution in [2.75, 3.05) is 26.7 Å². The first kappa shape index (κ1) is 20.4. The number of rotatable bonds is 7. The first-order valence-electron chi connectivity index (χ1n) is 8.86. The van der Waals surface area contributed by atoms with Gasteiger partial charge in [0, 0.05) is 26.7 Å². The molecular weight excluding hydrogens is 356 g/mol. The maximum Gasteiger partial charge on any atom is 0.306 e. The third-order valence-electron chi connectivity index (χ3n) is 4.73. The molecule has 0 aromatic heterocycles. The van der Waals surface area contributed by atoms with Crippen molar-refractivity contribution in [1.29, 1.82) is 0 Å². The monoisotopic (exact) mass is 382 g/mol. The first-order chi connectivity index (χ1) is 12.3. The average Bonchev–Trinajstić information content (AvgIpc) is 2.65. The van der Waals surface area contributed by atoms with Crippen molar-refractivity contribution in [3.05, 3.63) is 29.8 Å². The molecule has 2 rings (SSSR count). The second-order valence-electron chi connectivity index (χ2n) is 6.59. The van der Waals surface area contributed by atoms with Gasteiger partial charge in [-0.15, -0.1) is 0 Å². The Morgan fingerprint density at radius 3 is 2.42 bits per heavy atom. The Labute approximate surface area is 154 Å². The Kier molecular flexibility index (Phi) is 6.77. The highest BCUT2D eigenvalue weighted by molar-refractivity contribution is 7.89. The number of piperidine rings is 1. The number of aliphatic carboxylic acids is 1. The zero-order chi connectivity index (χ0) is 19.3. The van der Waals surface area contributed by atoms with Gasteiger partial charge in [0.05, 0.1) is 16.4 Å². The highest BCUT2D eigenvalue weighted by atomic mass is 32.2. The zero-order valence-corrected chi connectivity index (χ0v) is 16.0. The maximum atomic E-state index is 13.0. The number of unbranched alkanes of at least 4 members (excludes halogenated alkanes) is 1. The van der Waals surface area contributed by atoms with Crippen LogP contribution >= 0.6 is 0 Å². The van der Waals surface area contributed by atoms with Gasteiger partial charge in [-0.1, -0.05) is 25.5 Å². The lowest BCUT2D eigenvalue weighted by molar-refractivity contribution is -0.142. The lowest BCUT2D eigenvalue weighted by Gasteiger charge is -2.30. The summed E-state index contributed by atoms with van der Waals surface area (Å²) in [6, 6.07) is 6.22. The highest BCUT2D eigenvalue weighted by Crippen LogP contribution is 2.26. The summed E-state index contributed by atoms with van der Waals surface area (Å²) in [4.78, 5) is 25.3. The quantitative estimate of drug-likeness (QED) is 0.779. The van der Waals surface area contributed by atoms with Crippen molar-refractivity contribution in [1.82, 2.24) is 9.21 Å². The Bertz CT molecular complexity index is 755. The average molecular weight is 382 g/mol. The van der Waals surface area contributed by atoms with E-state index in [0.29, 0.717) is 6.54 Å². The van der Waals surface area contributed by atoms with Gasteiger partial charge in [-0.05, 0) is 31.4 Å². The van der Waals surface area contributed by atoms with Gasteiger partial charge in [0.15, 0.2) is 0 Å². The van der Waals surface area contributed by atoms with Gasteiger partial charge in [0.25, 0.3) is 5.91 Å². The molecule has 1 aliphatic heterocycles. The molecule has 0 bridgehead atoms. The Hall–Kier alpha value is -1.93. The van der Waals surface area contributed by atoms with Gasteiger partial charge in [0.2, 0.25) is 10.0 Å². The standard InChI is InChI=1S/C18H26N2O5S/c1-3-4-11-19(2)17(21)15-7-5-6-8-16(15)26(24,25)20-12-9-14(10-13-20)18(22)23/h5-8,14H,3-4,9-13H2,1-2H3,(H,22,23). The normalized spacial score (nSPS) is 16.4. The first-order valence-corrected chi connectivity index (χ1v) is 10.3. The topological polar surface area (TPSA) is 95.0 Å². The van der Waals surface area contributed by atoms with Crippen molar-refractivity contribution in [2.45, 2.75) is 37.5 Å². The molecule has 0 saturated carbocycles. The summed E-state index contributed by atoms with van der Waals surface area (Å²) in [6.07, 6.45) is 2.35. The number of amides is 1. The third kappa shape index (κ3) is 4.42. The second kappa shape index (κ2) is 8.64. The number of benzene rings is 1. The summed E-state index contributed by atoms with van der Waals surface area (Å²) >= 11 is 0. The van der Waals surface area contributed by atoms with E-state index in [2.05, 4.69) is 0 Å². The third-order valence-corrected chi connectivity index (χ3v) is 6.69. The van der Waals surface area contributed by atoms with Crippen LogP contribution in [-0.4, -0.2) is 61.3 Å². The fourth-order valence-corrected chi connectivity index (χ4v) is 4.71. The number of carboxylic acid groups (broad SMARTS) is 1. The molecule has 0 radical (unpaired) electrons. The van der Waals surface area contributed by atoms with Crippen LogP contribution in [0, 0.1) is 5.92 Å². The van der Waals surface area contributed by atoms with Crippen molar-refractivity contribution >= 4 is 21.9 Å². The second-order valence-corrected chi connectivity index (χ2v) is 8.50. The minimum absolute atomic E-state index is 0.0119. The Morgan fingerprint density at radius 2 is 1.85 bits per heavy atom. The number of sulfonamides is 1. The van der Waals surface area contributed by atoms with Crippen LogP contribution in [0.5, 0.6) is 0 Å². The zero-order valence-electron chi connectivity index (χ0n) is 15.2. The van der Waals surface area contributed by atoms with E-state index in [4.69, 9.17) is 5.11 Å². The van der Waals surface area contributed by atoms with Crippen molar-refractivity contribution in [3.8, 4) is 0 Å². The minimum atomic E-state index is -3.85. The van der Waals surface area contributed by atoms with Crippen LogP contribution < -0.4 is 0 Å². The molecular formula is C18H26N2O5S. The van der Waals surface area contributed by atoms with Crippen molar-refractivity contribution < 1.29 is 23.1 Å². The van der Waals surface area contributed by atoms with Crippen molar-refractivity contribution in [3.63, 3.8) is 0 Å². The summed E-state index contributed by atoms with van der Waals surface area (Å²) in [5.74, 6) is -1.73. The molecule has 0 atom stereocenters. The van der Waals surface area contributed by atoms with E-state index < -0.39 is 21.9 Å². The van der Waals surface area contributed by atoms with Crippen LogP contribution in [0.3, 0.4) is 0 Å². The number of hydrogen-bond donors (Lipinski definition) is 1. The van der Waals surface area contributed by atoms with E-state index in [9.17, 15) is 18.0 Å². The highest BCUT2D eigenvalue weighted by Gasteiger charge is 2.34. The maximum absolute atomic E-state index is 13.0. The van der Waals surface area contributed by atoms with E-state index in [-0.39, 0.29) is 42.3 Å². The number of hydrogen-bond acceptors (Lipinski definition) is 4. The number of carboxylic acids is 1. The van der Waals surface area contributed by atoms with Crippen LogP contribution in [0.2, 0.25) is 0 Å². The van der Waals surface area contributed by atoms with Crippen LogP contribution in [0.25, 0.3) is 0 Å². The summed E-state index contributed by atoms with van der Waals surface area (Å²) in [5, 5.41) is 9.08. The van der Waals surface area contributed by atoms with Gasteiger partial charge in [-0.2, -0.15) is 4.31 Å². The van der Waals surface area contributed by atoms with E-state index in [1.54, 1.807) is 19.2 Å². The van der Waals surface area contributed by atoms with Crippen LogP contribution in [0.1, 0.15) is 43.0 Å². The molecule has 1 aromatic rings. The summed E-state index contributed by atoms with van der Waals surface area (Å²) in [6.45, 7) is 2.88. The van der Waals surface area contributed by atoms with Crippen LogP contribution in [0.15, 0.2) is 29.2 Å². The predicted octanol–water partition coefficient (Wildman–Crippen LogP) is 2.04. The smallest absolute Gasteiger partial charge is 0.306 e. The molecule has 1 fully saturated rings. The lowest BCUT2D eigenvalue weighted by Crippen LogP contribution is -2.41. The van der Waals surface area contributed by atoms with Gasteiger partial charge in [-0.25, -0.2) is 8.42 Å². The van der Waals surface area contributed by atoms with Gasteiger partial charge < -0.3 is 10.0 Å². The molecule has 26 heavy (non-hydrogen) atoms. The van der Waals surface area contributed by atoms with Gasteiger partial charge in [0.1, 0.15) is 0 Å². The van der Waals surface area contributed by atoms with Crippen LogP contribution in [0.4, 0.5) is 0 Å². The molecule has 0 aliphatic carbocycles. The van der Waals surface area contributed by atoms with E-state index in [1.807, 2.05) is 6.92 Å². The molecule has 1 N–H and O–H groups in total. The Morgan fingerprint density at radius 1 is 1.23 bits per heavy atom. The summed E-state index contributed by atoms with van der Waals surface area (Å²) in [5.41, 5.74) is 0.159. The Balaban J connectivity index is 2.25. The predicted molar refractivity (Wildman–Crippen MR) is 97.4 cm³/mol. The molecule has 1 heterocycles. The SMILES string of the molecule is CCCCN(C)C(=O)c1ccccc1S(=O)(=O)N1CCC(C(=O)O)CC1. The molecule has 0 unspecified atom stereocenters. The summed E-state index contributed by atoms with van der Waals surface area (Å²) < 4.78 is 27.3. The molecule has 1 aromatic carbocycles. The fourth-order valence-electron chi connectivity index (χ4n) is 3.05. The molecule has 7 nitrogen and oxygen atoms in total. The number of nitrogens with zero attached hydrogens (tertiary/aromatic N) is 2. The molecule has 0 spiro atoms. The largest absolute Gasteiger partial charge is 0.481 e. The van der Waals surface area contributed by atoms with E-state index >= 15 is 0 Å². The number of carbonyl (C=O) groups excluding carboxylic acids is 1. The van der Waals surface area contributed by atoms with Gasteiger partial charge >= 0.3 is 5.97 Å². The minimum Gasteiger partial charge on any atom is -0.481 e. The van der Waals surface area contributed by atoms with Gasteiger partial charge in [-0.3, -0.25) is 9.59 Å². The van der Waals surface area contributed by atoms with E-state index in [0.717, 1.165) is 12.8 Å².